The Labute approximate surface area is 181 Å². The average molecular weight is 455 g/mol. The largest absolute Gasteiger partial charge is 0.490 e. The molecule has 2 aromatic carbocycles. The van der Waals surface area contributed by atoms with E-state index >= 15 is 0 Å². The molecular formula is C19H23Cl4NO3. The molecule has 0 aromatic heterocycles. The summed E-state index contributed by atoms with van der Waals surface area (Å²) in [5.41, 5.74) is 1.74. The van der Waals surface area contributed by atoms with Crippen molar-refractivity contribution in [3.63, 3.8) is 0 Å². The van der Waals surface area contributed by atoms with E-state index in [0.717, 1.165) is 11.1 Å². The first-order valence-corrected chi connectivity index (χ1v) is 9.44. The van der Waals surface area contributed by atoms with Gasteiger partial charge in [-0.05, 0) is 43.7 Å². The molecule has 0 fully saturated rings. The Bertz CT molecular complexity index is 741. The highest BCUT2D eigenvalue weighted by molar-refractivity contribution is 6.35. The minimum absolute atomic E-state index is 0. The van der Waals surface area contributed by atoms with Crippen LogP contribution >= 0.6 is 47.2 Å². The number of ether oxygens (including phenoxy) is 2. The third-order valence-corrected chi connectivity index (χ3v) is 4.39. The summed E-state index contributed by atoms with van der Waals surface area (Å²) in [6.45, 7) is 5.41. The Morgan fingerprint density at radius 1 is 1.07 bits per heavy atom. The average Bonchev–Trinajstić information content (AvgIpc) is 2.55. The number of hydrogen-bond donors (Lipinski definition) is 2. The molecule has 0 saturated carbocycles. The predicted molar refractivity (Wildman–Crippen MR) is 114 cm³/mol. The predicted octanol–water partition coefficient (Wildman–Crippen LogP) is 5.52. The van der Waals surface area contributed by atoms with E-state index < -0.39 is 6.10 Å². The molecule has 0 bridgehead atoms. The van der Waals surface area contributed by atoms with Gasteiger partial charge in [0.25, 0.3) is 0 Å². The minimum Gasteiger partial charge on any atom is -0.490 e. The second-order valence-corrected chi connectivity index (χ2v) is 7.09. The van der Waals surface area contributed by atoms with Gasteiger partial charge in [-0.15, -0.1) is 12.4 Å². The zero-order valence-corrected chi connectivity index (χ0v) is 18.2. The lowest BCUT2D eigenvalue weighted by Gasteiger charge is -2.16. The van der Waals surface area contributed by atoms with Crippen molar-refractivity contribution in [1.29, 1.82) is 0 Å². The van der Waals surface area contributed by atoms with Gasteiger partial charge in [0.05, 0.1) is 17.7 Å². The van der Waals surface area contributed by atoms with Gasteiger partial charge in [-0.25, -0.2) is 0 Å². The van der Waals surface area contributed by atoms with Crippen molar-refractivity contribution >= 4 is 47.2 Å². The van der Waals surface area contributed by atoms with Crippen LogP contribution in [0.1, 0.15) is 25.0 Å². The third-order valence-electron chi connectivity index (χ3n) is 3.53. The van der Waals surface area contributed by atoms with Crippen molar-refractivity contribution in [2.45, 2.75) is 33.1 Å². The number of rotatable bonds is 9. The fourth-order valence-corrected chi connectivity index (χ4v) is 3.09. The summed E-state index contributed by atoms with van der Waals surface area (Å²) in [7, 11) is 0. The molecule has 8 heteroatoms. The Balaban J connectivity index is 0.00000364. The maximum absolute atomic E-state index is 9.33. The first kappa shape index (κ1) is 24.2. The molecule has 0 heterocycles. The van der Waals surface area contributed by atoms with Crippen molar-refractivity contribution in [1.82, 2.24) is 5.32 Å². The van der Waals surface area contributed by atoms with Gasteiger partial charge in [0.15, 0.2) is 11.5 Å². The summed E-state index contributed by atoms with van der Waals surface area (Å²) in [5.74, 6) is 1.04. The highest BCUT2D eigenvalue weighted by atomic mass is 35.5. The zero-order chi connectivity index (χ0) is 19.1. The first-order valence-electron chi connectivity index (χ1n) is 8.31. The van der Waals surface area contributed by atoms with E-state index in [4.69, 9.17) is 44.3 Å². The molecule has 1 unspecified atom stereocenters. The minimum atomic E-state index is -0.413. The maximum atomic E-state index is 9.33. The summed E-state index contributed by atoms with van der Waals surface area (Å²) < 4.78 is 11.6. The van der Waals surface area contributed by atoms with E-state index in [2.05, 4.69) is 5.32 Å². The van der Waals surface area contributed by atoms with Gasteiger partial charge in [0, 0.05) is 28.7 Å². The van der Waals surface area contributed by atoms with E-state index in [1.807, 2.05) is 25.1 Å². The molecule has 27 heavy (non-hydrogen) atoms. The molecule has 2 rings (SSSR count). The number of halogens is 4. The topological polar surface area (TPSA) is 50.7 Å². The van der Waals surface area contributed by atoms with Crippen LogP contribution in [-0.4, -0.2) is 24.4 Å². The van der Waals surface area contributed by atoms with Crippen molar-refractivity contribution in [2.75, 3.05) is 13.2 Å². The molecule has 2 N–H and O–H groups in total. The number of aliphatic hydroxyl groups is 1. The Morgan fingerprint density at radius 2 is 1.81 bits per heavy atom. The molecule has 0 radical (unpaired) electrons. The first-order chi connectivity index (χ1) is 12.4. The SMILES string of the molecule is CCOc1cc(CNCC(C)O)cc(Cl)c1OCc1ccc(Cl)cc1Cl.Cl. The van der Waals surface area contributed by atoms with Crippen LogP contribution in [0.2, 0.25) is 15.1 Å². The second kappa shape index (κ2) is 11.8. The van der Waals surface area contributed by atoms with Gasteiger partial charge in [-0.2, -0.15) is 0 Å². The Kier molecular flexibility index (Phi) is 10.6. The van der Waals surface area contributed by atoms with E-state index in [9.17, 15) is 5.11 Å². The van der Waals surface area contributed by atoms with Crippen LogP contribution in [0.15, 0.2) is 30.3 Å². The van der Waals surface area contributed by atoms with Crippen molar-refractivity contribution in [3.05, 3.63) is 56.5 Å². The number of hydrogen-bond acceptors (Lipinski definition) is 4. The molecule has 0 aliphatic rings. The zero-order valence-electron chi connectivity index (χ0n) is 15.1. The third kappa shape index (κ3) is 7.57. The summed E-state index contributed by atoms with van der Waals surface area (Å²) in [5, 5.41) is 14.0. The van der Waals surface area contributed by atoms with E-state index in [-0.39, 0.29) is 19.0 Å². The fraction of sp³-hybridized carbons (Fsp3) is 0.368. The van der Waals surface area contributed by atoms with E-state index in [0.29, 0.717) is 46.3 Å². The Morgan fingerprint density at radius 3 is 2.44 bits per heavy atom. The lowest BCUT2D eigenvalue weighted by Crippen LogP contribution is -2.23. The highest BCUT2D eigenvalue weighted by Crippen LogP contribution is 2.37. The number of benzene rings is 2. The molecule has 0 aliphatic carbocycles. The van der Waals surface area contributed by atoms with Crippen LogP contribution in [0, 0.1) is 0 Å². The van der Waals surface area contributed by atoms with Crippen LogP contribution in [0.25, 0.3) is 0 Å². The van der Waals surface area contributed by atoms with Crippen molar-refractivity contribution < 1.29 is 14.6 Å². The lowest BCUT2D eigenvalue weighted by atomic mass is 10.2. The molecule has 0 amide bonds. The summed E-state index contributed by atoms with van der Waals surface area (Å²) in [4.78, 5) is 0. The molecule has 0 aliphatic heterocycles. The standard InChI is InChI=1S/C19H22Cl3NO3.ClH/c1-3-25-18-7-13(10-23-9-12(2)24)6-17(22)19(18)26-11-14-4-5-15(20)8-16(14)21;/h4-8,12,23-24H,3,9-11H2,1-2H3;1H. The van der Waals surface area contributed by atoms with Crippen molar-refractivity contribution in [2.24, 2.45) is 0 Å². The molecule has 2 aromatic rings. The Hall–Kier alpha value is -0.880. The molecule has 0 saturated heterocycles. The molecule has 150 valence electrons. The number of nitrogens with one attached hydrogen (secondary N) is 1. The van der Waals surface area contributed by atoms with Crippen LogP contribution in [0.4, 0.5) is 0 Å². The molecular weight excluding hydrogens is 432 g/mol. The maximum Gasteiger partial charge on any atom is 0.180 e. The highest BCUT2D eigenvalue weighted by Gasteiger charge is 2.14. The van der Waals surface area contributed by atoms with Gasteiger partial charge in [0.1, 0.15) is 6.61 Å². The van der Waals surface area contributed by atoms with Crippen molar-refractivity contribution in [3.8, 4) is 11.5 Å². The smallest absolute Gasteiger partial charge is 0.180 e. The molecule has 4 nitrogen and oxygen atoms in total. The normalized spacial score (nSPS) is 11.6. The summed E-state index contributed by atoms with van der Waals surface area (Å²) in [6.07, 6.45) is -0.413. The molecule has 1 atom stereocenters. The van der Waals surface area contributed by atoms with Gasteiger partial charge in [0.2, 0.25) is 0 Å². The van der Waals surface area contributed by atoms with Gasteiger partial charge < -0.3 is 19.9 Å². The number of aliphatic hydroxyl groups excluding tert-OH is 1. The molecule has 0 spiro atoms. The quantitative estimate of drug-likeness (QED) is 0.523. The van der Waals surface area contributed by atoms with Crippen LogP contribution in [0.3, 0.4) is 0 Å². The lowest BCUT2D eigenvalue weighted by molar-refractivity contribution is 0.191. The summed E-state index contributed by atoms with van der Waals surface area (Å²) in [6, 6.07) is 8.94. The van der Waals surface area contributed by atoms with Gasteiger partial charge in [-0.1, -0.05) is 40.9 Å². The van der Waals surface area contributed by atoms with Gasteiger partial charge >= 0.3 is 0 Å². The van der Waals surface area contributed by atoms with E-state index in [1.54, 1.807) is 19.1 Å². The monoisotopic (exact) mass is 453 g/mol. The summed E-state index contributed by atoms with van der Waals surface area (Å²) >= 11 is 18.5. The fourth-order valence-electron chi connectivity index (χ4n) is 2.34. The van der Waals surface area contributed by atoms with Crippen LogP contribution in [0.5, 0.6) is 11.5 Å². The van der Waals surface area contributed by atoms with Crippen LogP contribution in [-0.2, 0) is 13.2 Å². The van der Waals surface area contributed by atoms with Crippen LogP contribution < -0.4 is 14.8 Å². The van der Waals surface area contributed by atoms with E-state index in [1.165, 1.54) is 0 Å². The second-order valence-electron chi connectivity index (χ2n) is 5.84. The van der Waals surface area contributed by atoms with Gasteiger partial charge in [-0.3, -0.25) is 0 Å².